The lowest BCUT2D eigenvalue weighted by molar-refractivity contribution is 0.0635. The number of H-pyrrole nitrogens is 1. The smallest absolute Gasteiger partial charge is 0.276 e. The molecule has 0 radical (unpaired) electrons. The van der Waals surface area contributed by atoms with E-state index < -0.39 is 0 Å². The monoisotopic (exact) mass is 417 g/mol. The van der Waals surface area contributed by atoms with Crippen LogP contribution in [0.3, 0.4) is 0 Å². The van der Waals surface area contributed by atoms with Gasteiger partial charge < -0.3 is 15.5 Å². The van der Waals surface area contributed by atoms with E-state index in [0.717, 1.165) is 49.2 Å². The zero-order valence-electron chi connectivity index (χ0n) is 16.9. The Morgan fingerprint density at radius 1 is 1.28 bits per heavy atom. The topological polar surface area (TPSA) is 90.1 Å². The van der Waals surface area contributed by atoms with E-state index in [1.54, 1.807) is 6.07 Å². The van der Waals surface area contributed by atoms with Gasteiger partial charge in [0.25, 0.3) is 11.8 Å². The molecule has 2 aliphatic heterocycles. The Balaban J connectivity index is 0.00000240. The van der Waals surface area contributed by atoms with Crippen LogP contribution in [0.25, 0.3) is 0 Å². The van der Waals surface area contributed by atoms with Gasteiger partial charge in [-0.3, -0.25) is 14.7 Å². The first-order chi connectivity index (χ1) is 13.5. The zero-order chi connectivity index (χ0) is 19.7. The SMILES string of the molecule is Cc1cc(C(=O)N2CCCCC2C)ccc1NC(=O)c1n[nH]c2c1CNCC2.Cl. The van der Waals surface area contributed by atoms with E-state index in [9.17, 15) is 9.59 Å². The number of carbonyl (C=O) groups excluding carboxylic acids is 2. The van der Waals surface area contributed by atoms with Crippen molar-refractivity contribution in [1.82, 2.24) is 20.4 Å². The summed E-state index contributed by atoms with van der Waals surface area (Å²) in [4.78, 5) is 27.5. The molecule has 1 unspecified atom stereocenters. The largest absolute Gasteiger partial charge is 0.336 e. The minimum Gasteiger partial charge on any atom is -0.336 e. The Hall–Kier alpha value is -2.38. The van der Waals surface area contributed by atoms with E-state index in [1.807, 2.05) is 24.0 Å². The van der Waals surface area contributed by atoms with Crippen molar-refractivity contribution in [1.29, 1.82) is 0 Å². The molecular formula is C21H28ClN5O2. The number of amides is 2. The maximum absolute atomic E-state index is 12.9. The van der Waals surface area contributed by atoms with Gasteiger partial charge in [0.1, 0.15) is 0 Å². The Labute approximate surface area is 177 Å². The third kappa shape index (κ3) is 4.31. The number of hydrogen-bond donors (Lipinski definition) is 3. The fraction of sp³-hybridized carbons (Fsp3) is 0.476. The van der Waals surface area contributed by atoms with E-state index in [4.69, 9.17) is 0 Å². The third-order valence-electron chi connectivity index (χ3n) is 5.81. The molecule has 2 aromatic rings. The molecule has 1 saturated heterocycles. The number of nitrogens with one attached hydrogen (secondary N) is 3. The number of aromatic nitrogens is 2. The third-order valence-corrected chi connectivity index (χ3v) is 5.81. The van der Waals surface area contributed by atoms with Crippen LogP contribution < -0.4 is 10.6 Å². The Morgan fingerprint density at radius 3 is 2.86 bits per heavy atom. The molecule has 2 amide bonds. The maximum atomic E-state index is 12.9. The van der Waals surface area contributed by atoms with Crippen molar-refractivity contribution in [3.05, 3.63) is 46.3 Å². The average Bonchev–Trinajstić information content (AvgIpc) is 3.13. The summed E-state index contributed by atoms with van der Waals surface area (Å²) in [5.41, 5.74) is 4.64. The van der Waals surface area contributed by atoms with Crippen molar-refractivity contribution < 1.29 is 9.59 Å². The molecule has 4 rings (SSSR count). The molecule has 1 fully saturated rings. The van der Waals surface area contributed by atoms with Gasteiger partial charge in [0.2, 0.25) is 0 Å². The number of likely N-dealkylation sites (tertiary alicyclic amines) is 1. The van der Waals surface area contributed by atoms with Gasteiger partial charge in [-0.05, 0) is 56.9 Å². The lowest BCUT2D eigenvalue weighted by Gasteiger charge is -2.33. The van der Waals surface area contributed by atoms with Crippen LogP contribution in [0.1, 0.15) is 63.9 Å². The van der Waals surface area contributed by atoms with Crippen LogP contribution in [-0.2, 0) is 13.0 Å². The van der Waals surface area contributed by atoms with E-state index >= 15 is 0 Å². The molecule has 1 aromatic heterocycles. The highest BCUT2D eigenvalue weighted by Gasteiger charge is 2.25. The first-order valence-electron chi connectivity index (χ1n) is 10.0. The summed E-state index contributed by atoms with van der Waals surface area (Å²) in [6, 6.07) is 5.75. The number of hydrogen-bond acceptors (Lipinski definition) is 4. The molecule has 7 nitrogen and oxygen atoms in total. The summed E-state index contributed by atoms with van der Waals surface area (Å²) < 4.78 is 0. The van der Waals surface area contributed by atoms with Crippen molar-refractivity contribution in [2.45, 2.75) is 52.1 Å². The minimum atomic E-state index is -0.229. The van der Waals surface area contributed by atoms with Crippen molar-refractivity contribution in [2.75, 3.05) is 18.4 Å². The van der Waals surface area contributed by atoms with Crippen LogP contribution in [0.2, 0.25) is 0 Å². The molecule has 1 aromatic carbocycles. The fourth-order valence-corrected chi connectivity index (χ4v) is 4.10. The first kappa shape index (κ1) is 21.3. The second kappa shape index (κ2) is 8.97. The van der Waals surface area contributed by atoms with Crippen LogP contribution in [0, 0.1) is 6.92 Å². The van der Waals surface area contributed by atoms with Crippen LogP contribution in [0.4, 0.5) is 5.69 Å². The Kier molecular flexibility index (Phi) is 6.59. The van der Waals surface area contributed by atoms with Gasteiger partial charge in [0.05, 0.1) is 0 Å². The molecule has 0 saturated carbocycles. The molecule has 1 atom stereocenters. The number of fused-ring (bicyclic) bond motifs is 1. The van der Waals surface area contributed by atoms with Gasteiger partial charge in [-0.15, -0.1) is 12.4 Å². The van der Waals surface area contributed by atoms with Gasteiger partial charge in [-0.2, -0.15) is 5.10 Å². The molecule has 29 heavy (non-hydrogen) atoms. The molecule has 0 aliphatic carbocycles. The summed E-state index contributed by atoms with van der Waals surface area (Å²) in [7, 11) is 0. The van der Waals surface area contributed by atoms with Crippen molar-refractivity contribution in [2.24, 2.45) is 0 Å². The van der Waals surface area contributed by atoms with Gasteiger partial charge in [-0.25, -0.2) is 0 Å². The van der Waals surface area contributed by atoms with Crippen LogP contribution in [0.5, 0.6) is 0 Å². The highest BCUT2D eigenvalue weighted by molar-refractivity contribution is 6.05. The highest BCUT2D eigenvalue weighted by Crippen LogP contribution is 2.23. The number of piperidine rings is 1. The summed E-state index contributed by atoms with van der Waals surface area (Å²) in [5, 5.41) is 13.4. The predicted molar refractivity (Wildman–Crippen MR) is 115 cm³/mol. The molecule has 0 bridgehead atoms. The summed E-state index contributed by atoms with van der Waals surface area (Å²) in [6.45, 7) is 6.37. The normalized spacial score (nSPS) is 18.6. The summed E-state index contributed by atoms with van der Waals surface area (Å²) in [5.74, 6) is -0.159. The number of aryl methyl sites for hydroxylation is 1. The van der Waals surface area contributed by atoms with Gasteiger partial charge in [-0.1, -0.05) is 0 Å². The Bertz CT molecular complexity index is 910. The van der Waals surface area contributed by atoms with Crippen LogP contribution in [-0.4, -0.2) is 46.0 Å². The first-order valence-corrected chi connectivity index (χ1v) is 10.0. The Morgan fingerprint density at radius 2 is 2.10 bits per heavy atom. The molecular weight excluding hydrogens is 390 g/mol. The van der Waals surface area contributed by atoms with E-state index in [0.29, 0.717) is 23.5 Å². The molecule has 8 heteroatoms. The van der Waals surface area contributed by atoms with Crippen LogP contribution >= 0.6 is 12.4 Å². The molecule has 3 heterocycles. The molecule has 3 N–H and O–H groups in total. The molecule has 156 valence electrons. The lowest BCUT2D eigenvalue weighted by atomic mass is 10.0. The molecule has 0 spiro atoms. The maximum Gasteiger partial charge on any atom is 0.276 e. The standard InChI is InChI=1S/C21H27N5O2.ClH/c1-13-11-15(21(28)26-10-4-3-5-14(26)2)6-7-17(13)23-20(27)19-16-12-22-9-8-18(16)24-25-19;/h6-7,11,14,22H,3-5,8-10,12H2,1-2H3,(H,23,27)(H,24,25);1H. The lowest BCUT2D eigenvalue weighted by Crippen LogP contribution is -2.42. The number of halogens is 1. The number of benzene rings is 1. The van der Waals surface area contributed by atoms with Crippen LogP contribution in [0.15, 0.2) is 18.2 Å². The van der Waals surface area contributed by atoms with E-state index in [-0.39, 0.29) is 30.3 Å². The fourth-order valence-electron chi connectivity index (χ4n) is 4.10. The average molecular weight is 418 g/mol. The van der Waals surface area contributed by atoms with Crippen molar-refractivity contribution in [3.8, 4) is 0 Å². The number of carbonyl (C=O) groups is 2. The second-order valence-corrected chi connectivity index (χ2v) is 7.78. The van der Waals surface area contributed by atoms with Crippen molar-refractivity contribution in [3.63, 3.8) is 0 Å². The van der Waals surface area contributed by atoms with Gasteiger partial charge >= 0.3 is 0 Å². The van der Waals surface area contributed by atoms with Crippen molar-refractivity contribution >= 4 is 29.9 Å². The number of aromatic amines is 1. The van der Waals surface area contributed by atoms with Gasteiger partial charge in [0, 0.05) is 54.6 Å². The van der Waals surface area contributed by atoms with Gasteiger partial charge in [0.15, 0.2) is 5.69 Å². The van der Waals surface area contributed by atoms with E-state index in [2.05, 4.69) is 27.8 Å². The number of rotatable bonds is 3. The predicted octanol–water partition coefficient (Wildman–Crippen LogP) is 3.05. The summed E-state index contributed by atoms with van der Waals surface area (Å²) >= 11 is 0. The second-order valence-electron chi connectivity index (χ2n) is 7.78. The van der Waals surface area contributed by atoms with E-state index in [1.165, 1.54) is 6.42 Å². The summed E-state index contributed by atoms with van der Waals surface area (Å²) in [6.07, 6.45) is 4.15. The number of nitrogens with zero attached hydrogens (tertiary/aromatic N) is 2. The zero-order valence-corrected chi connectivity index (χ0v) is 17.7. The quantitative estimate of drug-likeness (QED) is 0.715. The highest BCUT2D eigenvalue weighted by atomic mass is 35.5. The minimum absolute atomic E-state index is 0. The number of anilines is 1. The molecule has 2 aliphatic rings.